The number of nitrogens with one attached hydrogen (secondary N) is 1. The van der Waals surface area contributed by atoms with E-state index in [2.05, 4.69) is 9.97 Å². The molecule has 0 amide bonds. The number of ether oxygens (including phenoxy) is 1. The molecule has 0 fully saturated rings. The molecule has 4 aromatic rings. The van der Waals surface area contributed by atoms with E-state index < -0.39 is 11.6 Å². The molecule has 0 radical (unpaired) electrons. The number of halogens is 2. The minimum atomic E-state index is -0.634. The van der Waals surface area contributed by atoms with Crippen molar-refractivity contribution in [2.75, 3.05) is 7.11 Å². The minimum Gasteiger partial charge on any atom is -0.497 e. The van der Waals surface area contributed by atoms with E-state index in [9.17, 15) is 13.6 Å². The predicted molar refractivity (Wildman–Crippen MR) is 108 cm³/mol. The van der Waals surface area contributed by atoms with Crippen molar-refractivity contribution in [2.24, 2.45) is 0 Å². The standard InChI is InChI=1S/C20H14F2N2O2S2/c1-26-13-5-2-11(3-6-13)17-9-15-19(28-17)20(25)24-18(23-15)10-27-16-7-4-12(21)8-14(16)22/h2-9H,10H2,1H3,(H,23,24,25). The third-order valence-electron chi connectivity index (χ3n) is 4.06. The maximum absolute atomic E-state index is 13.8. The molecule has 0 bridgehead atoms. The number of nitrogens with zero attached hydrogens (tertiary/aromatic N) is 1. The number of aromatic amines is 1. The quantitative estimate of drug-likeness (QED) is 0.453. The van der Waals surface area contributed by atoms with Gasteiger partial charge in [0.15, 0.2) is 0 Å². The Morgan fingerprint density at radius 3 is 2.64 bits per heavy atom. The van der Waals surface area contributed by atoms with Crippen molar-refractivity contribution in [3.63, 3.8) is 0 Å². The maximum atomic E-state index is 13.8. The molecule has 28 heavy (non-hydrogen) atoms. The van der Waals surface area contributed by atoms with Gasteiger partial charge in [0.25, 0.3) is 5.56 Å². The van der Waals surface area contributed by atoms with Gasteiger partial charge in [-0.15, -0.1) is 23.1 Å². The average Bonchev–Trinajstić information content (AvgIpc) is 3.12. The lowest BCUT2D eigenvalue weighted by Gasteiger charge is -2.03. The number of thiophene rings is 1. The lowest BCUT2D eigenvalue weighted by Crippen LogP contribution is -2.09. The number of hydrogen-bond donors (Lipinski definition) is 1. The largest absolute Gasteiger partial charge is 0.497 e. The van der Waals surface area contributed by atoms with E-state index in [-0.39, 0.29) is 11.3 Å². The zero-order valence-electron chi connectivity index (χ0n) is 14.7. The molecule has 0 aliphatic carbocycles. The summed E-state index contributed by atoms with van der Waals surface area (Å²) in [6, 6.07) is 12.8. The molecule has 2 heterocycles. The Balaban J connectivity index is 1.61. The van der Waals surface area contributed by atoms with Crippen molar-refractivity contribution in [3.8, 4) is 16.2 Å². The molecule has 2 aromatic carbocycles. The number of thioether (sulfide) groups is 1. The summed E-state index contributed by atoms with van der Waals surface area (Å²) in [7, 11) is 1.61. The first kappa shape index (κ1) is 18.6. The highest BCUT2D eigenvalue weighted by Gasteiger charge is 2.12. The van der Waals surface area contributed by atoms with E-state index in [1.165, 1.54) is 23.5 Å². The second-order valence-corrected chi connectivity index (χ2v) is 8.00. The number of hydrogen-bond acceptors (Lipinski definition) is 5. The molecule has 0 saturated heterocycles. The van der Waals surface area contributed by atoms with Crippen molar-refractivity contribution in [1.29, 1.82) is 0 Å². The number of benzene rings is 2. The summed E-state index contributed by atoms with van der Waals surface area (Å²) in [5.41, 5.74) is 1.33. The molecule has 0 unspecified atom stereocenters. The fourth-order valence-electron chi connectivity index (χ4n) is 2.69. The second kappa shape index (κ2) is 7.73. The molecular weight excluding hydrogens is 402 g/mol. The number of rotatable bonds is 5. The van der Waals surface area contributed by atoms with Gasteiger partial charge in [0.2, 0.25) is 0 Å². The first-order chi connectivity index (χ1) is 13.5. The monoisotopic (exact) mass is 416 g/mol. The lowest BCUT2D eigenvalue weighted by atomic mass is 10.2. The number of methoxy groups -OCH3 is 1. The lowest BCUT2D eigenvalue weighted by molar-refractivity contribution is 0.415. The van der Waals surface area contributed by atoms with Crippen LogP contribution in [0.25, 0.3) is 20.7 Å². The molecule has 142 valence electrons. The smallest absolute Gasteiger partial charge is 0.268 e. The van der Waals surface area contributed by atoms with Crippen LogP contribution in [0.1, 0.15) is 5.82 Å². The van der Waals surface area contributed by atoms with Crippen LogP contribution in [-0.4, -0.2) is 17.1 Å². The summed E-state index contributed by atoms with van der Waals surface area (Å²) >= 11 is 2.51. The first-order valence-electron chi connectivity index (χ1n) is 8.28. The average molecular weight is 416 g/mol. The van der Waals surface area contributed by atoms with Crippen LogP contribution in [0, 0.1) is 11.6 Å². The van der Waals surface area contributed by atoms with Crippen molar-refractivity contribution >= 4 is 33.3 Å². The summed E-state index contributed by atoms with van der Waals surface area (Å²) in [5, 5.41) is 0. The van der Waals surface area contributed by atoms with E-state index >= 15 is 0 Å². The fourth-order valence-corrected chi connectivity index (χ4v) is 4.48. The van der Waals surface area contributed by atoms with Crippen LogP contribution >= 0.6 is 23.1 Å². The molecule has 0 spiro atoms. The Kier molecular flexibility index (Phi) is 5.15. The van der Waals surface area contributed by atoms with E-state index in [4.69, 9.17) is 4.74 Å². The van der Waals surface area contributed by atoms with Gasteiger partial charge < -0.3 is 9.72 Å². The SMILES string of the molecule is COc1ccc(-c2cc3nc(CSc4ccc(F)cc4F)[nH]c(=O)c3s2)cc1. The summed E-state index contributed by atoms with van der Waals surface area (Å²) in [6.07, 6.45) is 0. The van der Waals surface area contributed by atoms with Crippen LogP contribution in [0.4, 0.5) is 8.78 Å². The van der Waals surface area contributed by atoms with E-state index in [0.717, 1.165) is 34.0 Å². The normalized spacial score (nSPS) is 11.1. The van der Waals surface area contributed by atoms with Crippen LogP contribution in [0.15, 0.2) is 58.2 Å². The first-order valence-corrected chi connectivity index (χ1v) is 10.1. The van der Waals surface area contributed by atoms with Gasteiger partial charge >= 0.3 is 0 Å². The van der Waals surface area contributed by atoms with Crippen LogP contribution in [-0.2, 0) is 5.75 Å². The van der Waals surface area contributed by atoms with Gasteiger partial charge in [0, 0.05) is 15.8 Å². The number of H-pyrrole nitrogens is 1. The van der Waals surface area contributed by atoms with Crippen molar-refractivity contribution in [3.05, 3.63) is 76.3 Å². The predicted octanol–water partition coefficient (Wildman–Crippen LogP) is 5.23. The molecule has 4 nitrogen and oxygen atoms in total. The molecule has 0 aliphatic heterocycles. The van der Waals surface area contributed by atoms with Gasteiger partial charge in [-0.1, -0.05) is 0 Å². The third kappa shape index (κ3) is 3.79. The molecule has 2 aromatic heterocycles. The summed E-state index contributed by atoms with van der Waals surface area (Å²) in [4.78, 5) is 20.9. The zero-order valence-corrected chi connectivity index (χ0v) is 16.3. The molecule has 0 aliphatic rings. The van der Waals surface area contributed by atoms with Crippen molar-refractivity contribution < 1.29 is 13.5 Å². The Morgan fingerprint density at radius 1 is 1.14 bits per heavy atom. The highest BCUT2D eigenvalue weighted by Crippen LogP contribution is 2.32. The third-order valence-corrected chi connectivity index (χ3v) is 6.30. The van der Waals surface area contributed by atoms with Crippen LogP contribution in [0.2, 0.25) is 0 Å². The van der Waals surface area contributed by atoms with Gasteiger partial charge in [0.1, 0.15) is 27.9 Å². The Bertz CT molecular complexity index is 1200. The van der Waals surface area contributed by atoms with Gasteiger partial charge in [-0.2, -0.15) is 0 Å². The van der Waals surface area contributed by atoms with E-state index in [1.807, 2.05) is 30.3 Å². The zero-order chi connectivity index (χ0) is 19.7. The van der Waals surface area contributed by atoms with E-state index in [1.54, 1.807) is 7.11 Å². The molecular formula is C20H14F2N2O2S2. The summed E-state index contributed by atoms with van der Waals surface area (Å²) in [6.45, 7) is 0. The highest BCUT2D eigenvalue weighted by atomic mass is 32.2. The van der Waals surface area contributed by atoms with Crippen LogP contribution in [0.5, 0.6) is 5.75 Å². The van der Waals surface area contributed by atoms with Crippen LogP contribution < -0.4 is 10.3 Å². The Morgan fingerprint density at radius 2 is 1.93 bits per heavy atom. The maximum Gasteiger partial charge on any atom is 0.268 e. The Labute approximate surface area is 167 Å². The Hall–Kier alpha value is -2.71. The number of aromatic nitrogens is 2. The highest BCUT2D eigenvalue weighted by molar-refractivity contribution is 7.98. The van der Waals surface area contributed by atoms with Gasteiger partial charge in [-0.25, -0.2) is 13.8 Å². The summed E-state index contributed by atoms with van der Waals surface area (Å²) in [5.74, 6) is 0.199. The van der Waals surface area contributed by atoms with Crippen molar-refractivity contribution in [2.45, 2.75) is 10.6 Å². The van der Waals surface area contributed by atoms with Gasteiger partial charge in [-0.3, -0.25) is 4.79 Å². The molecule has 0 atom stereocenters. The van der Waals surface area contributed by atoms with E-state index in [0.29, 0.717) is 20.9 Å². The van der Waals surface area contributed by atoms with Gasteiger partial charge in [0.05, 0.1) is 18.4 Å². The number of fused-ring (bicyclic) bond motifs is 1. The molecule has 0 saturated carbocycles. The second-order valence-electron chi connectivity index (χ2n) is 5.93. The van der Waals surface area contributed by atoms with Gasteiger partial charge in [-0.05, 0) is 48.0 Å². The minimum absolute atomic E-state index is 0.232. The topological polar surface area (TPSA) is 55.0 Å². The fraction of sp³-hybridized carbons (Fsp3) is 0.100. The van der Waals surface area contributed by atoms with Crippen molar-refractivity contribution in [1.82, 2.24) is 9.97 Å². The van der Waals surface area contributed by atoms with Crippen LogP contribution in [0.3, 0.4) is 0 Å². The summed E-state index contributed by atoms with van der Waals surface area (Å²) < 4.78 is 32.5. The molecule has 8 heteroatoms. The molecule has 4 rings (SSSR count). The molecule has 1 N–H and O–H groups in total.